The minimum Gasteiger partial charge on any atom is -0.220 e. The number of sulfone groups is 1. The Morgan fingerprint density at radius 1 is 1.40 bits per heavy atom. The molecule has 60 valence electrons. The van der Waals surface area contributed by atoms with Gasteiger partial charge in [-0.1, -0.05) is 6.92 Å². The van der Waals surface area contributed by atoms with Crippen molar-refractivity contribution in [1.82, 2.24) is 0 Å². The Balaban J connectivity index is 4.79. The third-order valence-electron chi connectivity index (χ3n) is 0.943. The van der Waals surface area contributed by atoms with E-state index in [-0.39, 0.29) is 0 Å². The molecule has 0 amide bonds. The van der Waals surface area contributed by atoms with E-state index < -0.39 is 20.5 Å². The Kier molecular flexibility index (Phi) is 2.40. The van der Waals surface area contributed by atoms with Crippen LogP contribution in [0.2, 0.25) is 0 Å². The molecule has 0 fully saturated rings. The van der Waals surface area contributed by atoms with Crippen LogP contribution in [0, 0.1) is 0 Å². The Morgan fingerprint density at radius 3 is 1.70 bits per heavy atom. The summed E-state index contributed by atoms with van der Waals surface area (Å²) in [5, 5.41) is -1.40. The first-order valence-corrected chi connectivity index (χ1v) is 4.04. The summed E-state index contributed by atoms with van der Waals surface area (Å²) in [5.41, 5.74) is -5.11. The summed E-state index contributed by atoms with van der Waals surface area (Å²) < 4.78 is 54.9. The third kappa shape index (κ3) is 1.65. The Bertz CT molecular complexity index is 204. The van der Waals surface area contributed by atoms with E-state index in [0.29, 0.717) is 0 Å². The minimum absolute atomic E-state index is 0.989. The lowest BCUT2D eigenvalue weighted by Crippen LogP contribution is -2.32. The van der Waals surface area contributed by atoms with Gasteiger partial charge in [-0.15, -0.1) is 0 Å². The molecule has 1 unspecified atom stereocenters. The molecule has 0 aromatic carbocycles. The van der Waals surface area contributed by atoms with Crippen molar-refractivity contribution < 1.29 is 21.6 Å². The normalized spacial score (nSPS) is 16.8. The number of halogens is 3. The number of hydrogen-bond donors (Lipinski definition) is 0. The smallest absolute Gasteiger partial charge is 0.220 e. The summed E-state index contributed by atoms with van der Waals surface area (Å²) >= 11 is 0. The Hall–Kier alpha value is -0.195. The fourth-order valence-corrected chi connectivity index (χ4v) is 0.802. The van der Waals surface area contributed by atoms with Gasteiger partial charge in [0.05, 0.1) is 0 Å². The average Bonchev–Trinajstić information content (AvgIpc) is 1.62. The summed E-state index contributed by atoms with van der Waals surface area (Å²) in [5.74, 6) is 0. The van der Waals surface area contributed by atoms with E-state index in [0.717, 1.165) is 14.8 Å². The molecule has 0 radical (unpaired) electrons. The summed E-state index contributed by atoms with van der Waals surface area (Å²) in [6.45, 7) is 0.989. The van der Waals surface area contributed by atoms with Gasteiger partial charge in [0.1, 0.15) is 7.85 Å². The van der Waals surface area contributed by atoms with Crippen molar-refractivity contribution in [3.8, 4) is 0 Å². The molecule has 0 saturated heterocycles. The lowest BCUT2D eigenvalue weighted by molar-refractivity contribution is -0.0437. The molecule has 7 heteroatoms. The van der Waals surface area contributed by atoms with Gasteiger partial charge in [0.15, 0.2) is 0 Å². The van der Waals surface area contributed by atoms with Gasteiger partial charge >= 0.3 is 5.51 Å². The van der Waals surface area contributed by atoms with E-state index >= 15 is 0 Å². The van der Waals surface area contributed by atoms with Crippen LogP contribution in [0.4, 0.5) is 13.2 Å². The fourth-order valence-electron chi connectivity index (χ4n) is 0.267. The van der Waals surface area contributed by atoms with E-state index in [1.807, 2.05) is 0 Å². The largest absolute Gasteiger partial charge is 0.496 e. The second-order valence-corrected chi connectivity index (χ2v) is 4.54. The maximum absolute atomic E-state index is 11.5. The van der Waals surface area contributed by atoms with Crippen molar-refractivity contribution in [3.05, 3.63) is 0 Å². The zero-order valence-electron chi connectivity index (χ0n) is 5.44. The lowest BCUT2D eigenvalue weighted by atomic mass is 10.1. The van der Waals surface area contributed by atoms with Crippen LogP contribution < -0.4 is 0 Å². The van der Waals surface area contributed by atoms with Crippen molar-refractivity contribution >= 4 is 17.7 Å². The van der Waals surface area contributed by atoms with E-state index in [4.69, 9.17) is 0 Å². The molecule has 0 aliphatic carbocycles. The highest BCUT2D eigenvalue weighted by atomic mass is 32.2. The average molecular weight is 174 g/mol. The van der Waals surface area contributed by atoms with Crippen LogP contribution in [-0.4, -0.2) is 26.9 Å². The third-order valence-corrected chi connectivity index (χ3v) is 2.83. The molecule has 2 nitrogen and oxygen atoms in total. The second-order valence-electron chi connectivity index (χ2n) is 2.04. The molecule has 0 aliphatic rings. The molecule has 10 heavy (non-hydrogen) atoms. The van der Waals surface area contributed by atoms with Crippen LogP contribution in [-0.2, 0) is 9.84 Å². The van der Waals surface area contributed by atoms with Crippen molar-refractivity contribution in [2.45, 2.75) is 17.6 Å². The maximum Gasteiger partial charge on any atom is 0.496 e. The highest BCUT2D eigenvalue weighted by Crippen LogP contribution is 2.25. The number of rotatable bonds is 1. The van der Waals surface area contributed by atoms with Crippen molar-refractivity contribution in [3.63, 3.8) is 0 Å². The van der Waals surface area contributed by atoms with Gasteiger partial charge < -0.3 is 0 Å². The summed E-state index contributed by atoms with van der Waals surface area (Å²) in [4.78, 5) is 0. The first-order valence-electron chi connectivity index (χ1n) is 2.49. The molecule has 0 N–H and O–H groups in total. The van der Waals surface area contributed by atoms with Crippen LogP contribution in [0.1, 0.15) is 6.92 Å². The van der Waals surface area contributed by atoms with E-state index in [1.54, 1.807) is 0 Å². The molecule has 0 heterocycles. The summed E-state index contributed by atoms with van der Waals surface area (Å²) in [6.07, 6.45) is 0. The molecule has 0 aliphatic heterocycles. The summed E-state index contributed by atoms with van der Waals surface area (Å²) in [6, 6.07) is 0. The van der Waals surface area contributed by atoms with E-state index in [1.165, 1.54) is 0 Å². The van der Waals surface area contributed by atoms with Gasteiger partial charge in [-0.05, 0) is 0 Å². The number of hydrogen-bond acceptors (Lipinski definition) is 2. The molecular formula is C3H6BF3O2S. The first kappa shape index (κ1) is 9.80. The van der Waals surface area contributed by atoms with Crippen molar-refractivity contribution in [2.75, 3.05) is 0 Å². The topological polar surface area (TPSA) is 34.1 Å². The van der Waals surface area contributed by atoms with Crippen molar-refractivity contribution in [2.24, 2.45) is 0 Å². The van der Waals surface area contributed by atoms with Gasteiger partial charge in [0.25, 0.3) is 0 Å². The van der Waals surface area contributed by atoms with Gasteiger partial charge in [0, 0.05) is 5.15 Å². The number of alkyl halides is 3. The van der Waals surface area contributed by atoms with Gasteiger partial charge in [-0.25, -0.2) is 8.42 Å². The molecule has 0 rings (SSSR count). The Morgan fingerprint density at radius 2 is 1.70 bits per heavy atom. The van der Waals surface area contributed by atoms with Gasteiger partial charge in [-0.2, -0.15) is 13.2 Å². The second kappa shape index (κ2) is 2.45. The fraction of sp³-hybridized carbons (Fsp3) is 1.00. The minimum atomic E-state index is -5.11. The van der Waals surface area contributed by atoms with Crippen LogP contribution in [0.3, 0.4) is 0 Å². The maximum atomic E-state index is 11.5. The highest BCUT2D eigenvalue weighted by Gasteiger charge is 2.47. The SMILES string of the molecule is BC(C)S(=O)(=O)C(F)(F)F. The van der Waals surface area contributed by atoms with E-state index in [9.17, 15) is 21.6 Å². The highest BCUT2D eigenvalue weighted by molar-refractivity contribution is 7.93. The molecule has 0 bridgehead atoms. The van der Waals surface area contributed by atoms with Crippen LogP contribution in [0.5, 0.6) is 0 Å². The zero-order chi connectivity index (χ0) is 8.58. The van der Waals surface area contributed by atoms with Crippen LogP contribution >= 0.6 is 0 Å². The standard InChI is InChI=1S/C3H6BF3O2S/c1-2(4)10(8,9)3(5,6)7/h2H,4H2,1H3. The monoisotopic (exact) mass is 174 g/mol. The lowest BCUT2D eigenvalue weighted by Gasteiger charge is -2.09. The van der Waals surface area contributed by atoms with Crippen molar-refractivity contribution in [1.29, 1.82) is 0 Å². The zero-order valence-corrected chi connectivity index (χ0v) is 6.25. The molecule has 0 saturated carbocycles. The van der Waals surface area contributed by atoms with Crippen LogP contribution in [0.15, 0.2) is 0 Å². The van der Waals surface area contributed by atoms with Crippen LogP contribution in [0.25, 0.3) is 0 Å². The molecule has 0 spiro atoms. The molecular weight excluding hydrogens is 168 g/mol. The van der Waals surface area contributed by atoms with Gasteiger partial charge in [0.2, 0.25) is 9.84 Å². The quantitative estimate of drug-likeness (QED) is 0.520. The molecule has 1 atom stereocenters. The predicted molar refractivity (Wildman–Crippen MR) is 33.0 cm³/mol. The summed E-state index contributed by atoms with van der Waals surface area (Å²) in [7, 11) is -3.93. The first-order chi connectivity index (χ1) is 4.19. The molecule has 0 aromatic heterocycles. The molecule has 0 aromatic rings. The van der Waals surface area contributed by atoms with E-state index in [2.05, 4.69) is 0 Å². The Labute approximate surface area is 57.7 Å². The predicted octanol–water partition coefficient (Wildman–Crippen LogP) is -0.0999. The van der Waals surface area contributed by atoms with Gasteiger partial charge in [-0.3, -0.25) is 0 Å².